The molecule has 1 aromatic heterocycles. The lowest BCUT2D eigenvalue weighted by Gasteiger charge is -2.19. The monoisotopic (exact) mass is 286 g/mol. The second kappa shape index (κ2) is 3.10. The normalized spacial score (nSPS) is 19.4. The van der Waals surface area contributed by atoms with Crippen LogP contribution in [0.15, 0.2) is 9.98 Å². The zero-order valence-electron chi connectivity index (χ0n) is 6.86. The summed E-state index contributed by atoms with van der Waals surface area (Å²) in [7, 11) is 0. The first-order valence-electron chi connectivity index (χ1n) is 3.89. The SMILES string of the molecule is FC(F)(F)C1(Nc2nc(Br)cs2)CC1. The van der Waals surface area contributed by atoms with Gasteiger partial charge in [-0.1, -0.05) is 0 Å². The Morgan fingerprint density at radius 1 is 1.50 bits per heavy atom. The van der Waals surface area contributed by atoms with Crippen LogP contribution in [0.4, 0.5) is 18.3 Å². The molecule has 1 aliphatic rings. The van der Waals surface area contributed by atoms with Gasteiger partial charge in [-0.3, -0.25) is 0 Å². The molecule has 0 aliphatic heterocycles. The van der Waals surface area contributed by atoms with E-state index >= 15 is 0 Å². The van der Waals surface area contributed by atoms with E-state index in [-0.39, 0.29) is 12.8 Å². The number of nitrogens with zero attached hydrogens (tertiary/aromatic N) is 1. The van der Waals surface area contributed by atoms with Gasteiger partial charge in [-0.2, -0.15) is 13.2 Å². The average molecular weight is 287 g/mol. The summed E-state index contributed by atoms with van der Waals surface area (Å²) in [6.07, 6.45) is -3.92. The summed E-state index contributed by atoms with van der Waals surface area (Å²) in [6.45, 7) is 0. The lowest BCUT2D eigenvalue weighted by molar-refractivity contribution is -0.151. The van der Waals surface area contributed by atoms with Gasteiger partial charge in [-0.05, 0) is 28.8 Å². The molecule has 14 heavy (non-hydrogen) atoms. The van der Waals surface area contributed by atoms with Gasteiger partial charge in [0, 0.05) is 5.38 Å². The van der Waals surface area contributed by atoms with E-state index in [4.69, 9.17) is 0 Å². The van der Waals surface area contributed by atoms with Crippen LogP contribution in [-0.4, -0.2) is 16.7 Å². The number of hydrogen-bond acceptors (Lipinski definition) is 3. The van der Waals surface area contributed by atoms with Crippen molar-refractivity contribution in [3.05, 3.63) is 9.98 Å². The molecule has 2 rings (SSSR count). The predicted octanol–water partition coefficient (Wildman–Crippen LogP) is 3.41. The van der Waals surface area contributed by atoms with Gasteiger partial charge in [0.05, 0.1) is 0 Å². The van der Waals surface area contributed by atoms with Crippen molar-refractivity contribution in [1.82, 2.24) is 4.98 Å². The minimum atomic E-state index is -4.19. The van der Waals surface area contributed by atoms with E-state index < -0.39 is 11.7 Å². The first kappa shape index (κ1) is 10.2. The summed E-state index contributed by atoms with van der Waals surface area (Å²) in [5.74, 6) is 0. The van der Waals surface area contributed by atoms with Crippen molar-refractivity contribution < 1.29 is 13.2 Å². The Morgan fingerprint density at radius 3 is 2.50 bits per heavy atom. The van der Waals surface area contributed by atoms with E-state index in [0.717, 1.165) is 11.3 Å². The van der Waals surface area contributed by atoms with Gasteiger partial charge in [0.25, 0.3) is 0 Å². The molecule has 1 heterocycles. The first-order valence-corrected chi connectivity index (χ1v) is 5.56. The summed E-state index contributed by atoms with van der Waals surface area (Å²) in [4.78, 5) is 3.87. The highest BCUT2D eigenvalue weighted by Crippen LogP contribution is 2.51. The third-order valence-corrected chi connectivity index (χ3v) is 3.58. The zero-order chi connectivity index (χ0) is 10.4. The quantitative estimate of drug-likeness (QED) is 0.901. The molecule has 0 aromatic carbocycles. The molecule has 1 saturated carbocycles. The molecule has 7 heteroatoms. The number of hydrogen-bond donors (Lipinski definition) is 1. The van der Waals surface area contributed by atoms with E-state index in [1.165, 1.54) is 0 Å². The van der Waals surface area contributed by atoms with Crippen LogP contribution < -0.4 is 5.32 Å². The smallest absolute Gasteiger partial charge is 0.347 e. The Kier molecular flexibility index (Phi) is 2.26. The predicted molar refractivity (Wildman–Crippen MR) is 51.5 cm³/mol. The van der Waals surface area contributed by atoms with E-state index in [1.54, 1.807) is 5.38 Å². The Labute approximate surface area is 90.7 Å². The molecule has 0 unspecified atom stereocenters. The molecule has 78 valence electrons. The maximum atomic E-state index is 12.5. The van der Waals surface area contributed by atoms with Crippen LogP contribution in [0.3, 0.4) is 0 Å². The topological polar surface area (TPSA) is 24.9 Å². The summed E-state index contributed by atoms with van der Waals surface area (Å²) in [6, 6.07) is 0. The minimum absolute atomic E-state index is 0.133. The third kappa shape index (κ3) is 1.75. The van der Waals surface area contributed by atoms with Gasteiger partial charge in [0.1, 0.15) is 10.1 Å². The van der Waals surface area contributed by atoms with Crippen molar-refractivity contribution in [3.8, 4) is 0 Å². The Morgan fingerprint density at radius 2 is 2.14 bits per heavy atom. The van der Waals surface area contributed by atoms with Gasteiger partial charge < -0.3 is 5.32 Å². The molecular weight excluding hydrogens is 281 g/mol. The molecule has 0 atom stereocenters. The van der Waals surface area contributed by atoms with Gasteiger partial charge in [-0.25, -0.2) is 4.98 Å². The number of anilines is 1. The van der Waals surface area contributed by atoms with Crippen molar-refractivity contribution in [1.29, 1.82) is 0 Å². The molecule has 0 radical (unpaired) electrons. The van der Waals surface area contributed by atoms with Crippen LogP contribution in [0.2, 0.25) is 0 Å². The highest BCUT2D eigenvalue weighted by molar-refractivity contribution is 9.10. The molecule has 1 fully saturated rings. The molecule has 1 aromatic rings. The van der Waals surface area contributed by atoms with Crippen LogP contribution in [0.25, 0.3) is 0 Å². The van der Waals surface area contributed by atoms with E-state index in [1.807, 2.05) is 0 Å². The molecule has 0 amide bonds. The van der Waals surface area contributed by atoms with Crippen molar-refractivity contribution >= 4 is 32.4 Å². The summed E-state index contributed by atoms with van der Waals surface area (Å²) in [5.41, 5.74) is -1.72. The third-order valence-electron chi connectivity index (χ3n) is 2.11. The van der Waals surface area contributed by atoms with Crippen molar-refractivity contribution in [3.63, 3.8) is 0 Å². The van der Waals surface area contributed by atoms with E-state index in [9.17, 15) is 13.2 Å². The molecule has 0 spiro atoms. The van der Waals surface area contributed by atoms with Crippen LogP contribution in [0.1, 0.15) is 12.8 Å². The van der Waals surface area contributed by atoms with Crippen LogP contribution in [0.5, 0.6) is 0 Å². The lowest BCUT2D eigenvalue weighted by atomic mass is 10.3. The molecule has 1 aliphatic carbocycles. The van der Waals surface area contributed by atoms with Gasteiger partial charge >= 0.3 is 6.18 Å². The first-order chi connectivity index (χ1) is 6.43. The van der Waals surface area contributed by atoms with Gasteiger partial charge in [0.2, 0.25) is 0 Å². The Hall–Kier alpha value is -0.300. The van der Waals surface area contributed by atoms with Crippen LogP contribution in [0, 0.1) is 0 Å². The van der Waals surface area contributed by atoms with Crippen LogP contribution in [-0.2, 0) is 0 Å². The summed E-state index contributed by atoms with van der Waals surface area (Å²) in [5, 5.41) is 4.40. The highest BCUT2D eigenvalue weighted by Gasteiger charge is 2.63. The maximum Gasteiger partial charge on any atom is 0.411 e. The Bertz CT molecular complexity index is 345. The van der Waals surface area contributed by atoms with Crippen LogP contribution >= 0.6 is 27.3 Å². The lowest BCUT2D eigenvalue weighted by Crippen LogP contribution is -2.38. The van der Waals surface area contributed by atoms with Gasteiger partial charge in [0.15, 0.2) is 5.13 Å². The number of aromatic nitrogens is 1. The fourth-order valence-electron chi connectivity index (χ4n) is 1.12. The maximum absolute atomic E-state index is 12.5. The number of nitrogens with one attached hydrogen (secondary N) is 1. The molecule has 2 nitrogen and oxygen atoms in total. The fourth-order valence-corrected chi connectivity index (χ4v) is 2.36. The number of halogens is 4. The average Bonchev–Trinajstić information content (AvgIpc) is 2.71. The molecular formula is C7H6BrF3N2S. The standard InChI is InChI=1S/C7H6BrF3N2S/c8-4-3-14-5(12-4)13-6(1-2-6)7(9,10)11/h3H,1-2H2,(H,12,13). The van der Waals surface area contributed by atoms with E-state index in [2.05, 4.69) is 26.2 Å². The number of rotatable bonds is 2. The minimum Gasteiger partial charge on any atom is -0.347 e. The second-order valence-corrected chi connectivity index (χ2v) is 4.85. The zero-order valence-corrected chi connectivity index (χ0v) is 9.26. The Balaban J connectivity index is 2.12. The number of alkyl halides is 3. The van der Waals surface area contributed by atoms with Crippen molar-refractivity contribution in [2.75, 3.05) is 5.32 Å². The molecule has 0 bridgehead atoms. The largest absolute Gasteiger partial charge is 0.411 e. The molecule has 1 N–H and O–H groups in total. The van der Waals surface area contributed by atoms with Crippen molar-refractivity contribution in [2.24, 2.45) is 0 Å². The number of thiazole rings is 1. The summed E-state index contributed by atoms with van der Waals surface area (Å²) < 4.78 is 38.0. The van der Waals surface area contributed by atoms with Crippen molar-refractivity contribution in [2.45, 2.75) is 24.6 Å². The fraction of sp³-hybridized carbons (Fsp3) is 0.571. The highest BCUT2D eigenvalue weighted by atomic mass is 79.9. The molecule has 0 saturated heterocycles. The summed E-state index contributed by atoms with van der Waals surface area (Å²) >= 11 is 4.25. The van der Waals surface area contributed by atoms with Gasteiger partial charge in [-0.15, -0.1) is 11.3 Å². The second-order valence-electron chi connectivity index (χ2n) is 3.18. The van der Waals surface area contributed by atoms with E-state index in [0.29, 0.717) is 9.73 Å².